The number of hydrogen-bond acceptors (Lipinski definition) is 3. The van der Waals surface area contributed by atoms with Gasteiger partial charge in [-0.25, -0.2) is 0 Å². The van der Waals surface area contributed by atoms with Crippen molar-refractivity contribution in [1.82, 2.24) is 4.73 Å². The number of fused-ring (bicyclic) bond motifs is 1. The summed E-state index contributed by atoms with van der Waals surface area (Å²) in [6.45, 7) is 1.47. The van der Waals surface area contributed by atoms with E-state index in [0.717, 1.165) is 4.47 Å². The highest BCUT2D eigenvalue weighted by Gasteiger charge is 2.27. The van der Waals surface area contributed by atoms with E-state index in [1.807, 2.05) is 0 Å². The third-order valence-corrected chi connectivity index (χ3v) is 4.02. The molecule has 22 heavy (non-hydrogen) atoms. The Kier molecular flexibility index (Phi) is 3.54. The van der Waals surface area contributed by atoms with Gasteiger partial charge in [-0.15, -0.1) is 0 Å². The number of ketones is 1. The first-order valence-corrected chi connectivity index (χ1v) is 7.34. The van der Waals surface area contributed by atoms with E-state index in [0.29, 0.717) is 14.7 Å². The fourth-order valence-corrected chi connectivity index (χ4v) is 2.61. The maximum atomic E-state index is 12.6. The highest BCUT2D eigenvalue weighted by Crippen LogP contribution is 2.17. The van der Waals surface area contributed by atoms with Crippen molar-refractivity contribution in [3.8, 4) is 0 Å². The van der Waals surface area contributed by atoms with Crippen molar-refractivity contribution < 1.29 is 9.22 Å². The van der Waals surface area contributed by atoms with Crippen LogP contribution in [0.2, 0.25) is 0 Å². The summed E-state index contributed by atoms with van der Waals surface area (Å²) in [6, 6.07) is 13.0. The van der Waals surface area contributed by atoms with Crippen LogP contribution in [0.3, 0.4) is 0 Å². The SMILES string of the molecule is Cc1c(C(=O)c2ccc(Br)cc2)[n+](=O)c2ccccc2n1[O-]. The number of halogens is 1. The Morgan fingerprint density at radius 2 is 1.77 bits per heavy atom. The molecule has 0 unspecified atom stereocenters. The van der Waals surface area contributed by atoms with Crippen LogP contribution in [0.15, 0.2) is 53.0 Å². The Hall–Kier alpha value is -2.47. The summed E-state index contributed by atoms with van der Waals surface area (Å²) in [7, 11) is 0. The first kappa shape index (κ1) is 14.5. The number of para-hydroxylation sites is 2. The first-order chi connectivity index (χ1) is 10.5. The molecule has 0 spiro atoms. The first-order valence-electron chi connectivity index (χ1n) is 6.55. The highest BCUT2D eigenvalue weighted by molar-refractivity contribution is 9.10. The molecule has 0 aliphatic heterocycles. The monoisotopic (exact) mass is 358 g/mol. The Morgan fingerprint density at radius 1 is 1.14 bits per heavy atom. The van der Waals surface area contributed by atoms with Gasteiger partial charge in [-0.2, -0.15) is 0 Å². The van der Waals surface area contributed by atoms with Gasteiger partial charge in [0.2, 0.25) is 0 Å². The van der Waals surface area contributed by atoms with E-state index < -0.39 is 5.78 Å². The molecule has 2 aromatic carbocycles. The Balaban J connectivity index is 2.29. The van der Waals surface area contributed by atoms with Crippen molar-refractivity contribution >= 4 is 32.7 Å². The van der Waals surface area contributed by atoms with E-state index in [1.165, 1.54) is 13.0 Å². The molecule has 1 heterocycles. The number of benzene rings is 2. The molecule has 0 bridgehead atoms. The van der Waals surface area contributed by atoms with Gasteiger partial charge in [0.05, 0.1) is 10.1 Å². The average molecular weight is 359 g/mol. The molecule has 6 heteroatoms. The maximum absolute atomic E-state index is 12.6. The summed E-state index contributed by atoms with van der Waals surface area (Å²) < 4.78 is 1.98. The lowest BCUT2D eigenvalue weighted by molar-refractivity contribution is -0.468. The second kappa shape index (κ2) is 5.38. The molecule has 0 saturated heterocycles. The number of hydrogen-bond donors (Lipinski definition) is 0. The molecule has 3 rings (SSSR count). The Morgan fingerprint density at radius 3 is 2.45 bits per heavy atom. The molecule has 0 fully saturated rings. The summed E-state index contributed by atoms with van der Waals surface area (Å²) >= 11 is 3.29. The fourth-order valence-electron chi connectivity index (χ4n) is 2.35. The quantitative estimate of drug-likeness (QED) is 0.521. The van der Waals surface area contributed by atoms with Gasteiger partial charge >= 0.3 is 5.69 Å². The molecular weight excluding hydrogens is 348 g/mol. The Labute approximate surface area is 134 Å². The topological polar surface area (TPSA) is 68.0 Å². The molecular formula is C16H11BrN2O3. The number of rotatable bonds is 2. The van der Waals surface area contributed by atoms with E-state index in [1.54, 1.807) is 42.5 Å². The lowest BCUT2D eigenvalue weighted by atomic mass is 10.1. The number of nitrogens with zero attached hydrogens (tertiary/aromatic N) is 2. The highest BCUT2D eigenvalue weighted by atomic mass is 79.9. The summed E-state index contributed by atoms with van der Waals surface area (Å²) in [6.07, 6.45) is 0. The third-order valence-electron chi connectivity index (χ3n) is 3.49. The molecule has 110 valence electrons. The van der Waals surface area contributed by atoms with Crippen LogP contribution in [-0.4, -0.2) is 10.5 Å². The van der Waals surface area contributed by atoms with Crippen LogP contribution >= 0.6 is 15.9 Å². The van der Waals surface area contributed by atoms with Gasteiger partial charge in [0.15, 0.2) is 0 Å². The zero-order chi connectivity index (χ0) is 15.9. The number of aromatic nitrogens is 2. The smallest absolute Gasteiger partial charge is 0.329 e. The van der Waals surface area contributed by atoms with Crippen molar-refractivity contribution in [2.24, 2.45) is 0 Å². The van der Waals surface area contributed by atoms with E-state index in [2.05, 4.69) is 15.9 Å². The van der Waals surface area contributed by atoms with Crippen molar-refractivity contribution in [1.29, 1.82) is 0 Å². The van der Waals surface area contributed by atoms with Gasteiger partial charge in [-0.3, -0.25) is 4.79 Å². The zero-order valence-corrected chi connectivity index (χ0v) is 13.2. The summed E-state index contributed by atoms with van der Waals surface area (Å²) in [5.74, 6) is -0.477. The predicted molar refractivity (Wildman–Crippen MR) is 86.4 cm³/mol. The minimum Gasteiger partial charge on any atom is -0.805 e. The summed E-state index contributed by atoms with van der Waals surface area (Å²) in [5, 5.41) is 12.3. The predicted octanol–water partition coefficient (Wildman–Crippen LogP) is 3.20. The van der Waals surface area contributed by atoms with E-state index >= 15 is 0 Å². The van der Waals surface area contributed by atoms with Gasteiger partial charge in [0.25, 0.3) is 11.3 Å². The lowest BCUT2D eigenvalue weighted by Crippen LogP contribution is -2.30. The standard InChI is InChI=1S/C16H11BrN2O3/c1-10-15(16(20)11-6-8-12(17)9-7-11)19(22)14-5-3-2-4-13(14)18(10)21/h2-9H,1H3. The van der Waals surface area contributed by atoms with Crippen LogP contribution in [0.25, 0.3) is 11.0 Å². The molecule has 0 N–H and O–H groups in total. The van der Waals surface area contributed by atoms with E-state index in [9.17, 15) is 14.9 Å². The van der Waals surface area contributed by atoms with Crippen LogP contribution in [0.1, 0.15) is 21.7 Å². The Bertz CT molecular complexity index is 946. The molecule has 0 aliphatic rings. The molecule has 3 aromatic rings. The largest absolute Gasteiger partial charge is 0.805 e. The van der Waals surface area contributed by atoms with Crippen molar-refractivity contribution in [2.45, 2.75) is 6.92 Å². The zero-order valence-electron chi connectivity index (χ0n) is 11.6. The lowest BCUT2D eigenvalue weighted by Gasteiger charge is -2.15. The minimum absolute atomic E-state index is 0.0848. The third kappa shape index (κ3) is 2.21. The van der Waals surface area contributed by atoms with E-state index in [4.69, 9.17) is 0 Å². The van der Waals surface area contributed by atoms with Gasteiger partial charge in [-0.05, 0) is 37.3 Å². The van der Waals surface area contributed by atoms with Crippen LogP contribution < -0.4 is 4.43 Å². The number of carbonyl (C=O) groups is 1. The van der Waals surface area contributed by atoms with Crippen LogP contribution in [0.5, 0.6) is 0 Å². The molecule has 0 saturated carbocycles. The van der Waals surface area contributed by atoms with Gasteiger partial charge < -0.3 is 9.94 Å². The van der Waals surface area contributed by atoms with Crippen LogP contribution in [-0.2, 0) is 0 Å². The molecule has 0 radical (unpaired) electrons. The fraction of sp³-hybridized carbons (Fsp3) is 0.0625. The normalized spacial score (nSPS) is 10.8. The van der Waals surface area contributed by atoms with Gasteiger partial charge in [0.1, 0.15) is 5.52 Å². The van der Waals surface area contributed by atoms with Gasteiger partial charge in [0, 0.05) is 21.0 Å². The van der Waals surface area contributed by atoms with Crippen molar-refractivity contribution in [3.05, 3.63) is 80.1 Å². The molecule has 0 amide bonds. The second-order valence-electron chi connectivity index (χ2n) is 4.85. The molecule has 5 nitrogen and oxygen atoms in total. The summed E-state index contributed by atoms with van der Waals surface area (Å²) in [4.78, 5) is 25.1. The summed E-state index contributed by atoms with van der Waals surface area (Å²) in [5.41, 5.74) is 0.690. The van der Waals surface area contributed by atoms with Gasteiger partial charge in [-0.1, -0.05) is 28.1 Å². The van der Waals surface area contributed by atoms with Crippen LogP contribution in [0, 0.1) is 17.0 Å². The van der Waals surface area contributed by atoms with Crippen LogP contribution in [0.4, 0.5) is 0 Å². The average Bonchev–Trinajstić information content (AvgIpc) is 2.53. The molecule has 0 aliphatic carbocycles. The minimum atomic E-state index is -0.477. The second-order valence-corrected chi connectivity index (χ2v) is 5.76. The van der Waals surface area contributed by atoms with Crippen molar-refractivity contribution in [3.63, 3.8) is 0 Å². The maximum Gasteiger partial charge on any atom is 0.329 e. The number of carbonyl (C=O) groups excluding carboxylic acids is 1. The van der Waals surface area contributed by atoms with Crippen molar-refractivity contribution in [2.75, 3.05) is 0 Å². The molecule has 0 atom stereocenters. The molecule has 1 aromatic heterocycles. The van der Waals surface area contributed by atoms with E-state index in [-0.39, 0.29) is 22.4 Å².